The second-order valence-electron chi connectivity index (χ2n) is 5.59. The Morgan fingerprint density at radius 3 is 2.52 bits per heavy atom. The number of benzene rings is 2. The van der Waals surface area contributed by atoms with E-state index in [1.165, 1.54) is 11.1 Å². The number of amides is 1. The van der Waals surface area contributed by atoms with Crippen LogP contribution in [0.1, 0.15) is 36.5 Å². The fourth-order valence-electron chi connectivity index (χ4n) is 2.14. The normalized spacial score (nSPS) is 10.3. The van der Waals surface area contributed by atoms with Crippen molar-refractivity contribution < 1.29 is 4.79 Å². The summed E-state index contributed by atoms with van der Waals surface area (Å²) in [5.41, 5.74) is 3.59. The van der Waals surface area contributed by atoms with E-state index in [0.29, 0.717) is 22.9 Å². The largest absolute Gasteiger partial charge is 0.324 e. The predicted octanol–water partition coefficient (Wildman–Crippen LogP) is 4.55. The number of thioether (sulfide) groups is 1. The summed E-state index contributed by atoms with van der Waals surface area (Å²) in [6, 6.07) is 17.6. The summed E-state index contributed by atoms with van der Waals surface area (Å²) in [6.45, 7) is 4.35. The maximum Gasteiger partial charge on any atom is 0.234 e. The van der Waals surface area contributed by atoms with Crippen molar-refractivity contribution in [1.29, 1.82) is 5.26 Å². The van der Waals surface area contributed by atoms with E-state index < -0.39 is 0 Å². The van der Waals surface area contributed by atoms with E-state index in [-0.39, 0.29) is 5.91 Å². The molecule has 1 amide bonds. The topological polar surface area (TPSA) is 52.9 Å². The van der Waals surface area contributed by atoms with Crippen molar-refractivity contribution in [2.45, 2.75) is 25.5 Å². The zero-order chi connectivity index (χ0) is 16.7. The summed E-state index contributed by atoms with van der Waals surface area (Å²) in [7, 11) is 0. The fourth-order valence-corrected chi connectivity index (χ4v) is 2.92. The highest BCUT2D eigenvalue weighted by Gasteiger charge is 2.06. The first-order chi connectivity index (χ1) is 11.1. The molecule has 0 aliphatic carbocycles. The molecular weight excluding hydrogens is 304 g/mol. The average molecular weight is 324 g/mol. The summed E-state index contributed by atoms with van der Waals surface area (Å²) in [6.07, 6.45) is 0. The van der Waals surface area contributed by atoms with Crippen molar-refractivity contribution in [2.75, 3.05) is 11.1 Å². The van der Waals surface area contributed by atoms with Crippen LogP contribution in [0.5, 0.6) is 0 Å². The zero-order valence-electron chi connectivity index (χ0n) is 13.4. The number of nitrogens with zero attached hydrogens (tertiary/aromatic N) is 1. The number of para-hydroxylation sites is 1. The molecule has 0 aliphatic rings. The number of hydrogen-bond donors (Lipinski definition) is 1. The summed E-state index contributed by atoms with van der Waals surface area (Å²) >= 11 is 1.57. The highest BCUT2D eigenvalue weighted by molar-refractivity contribution is 7.99. The van der Waals surface area contributed by atoms with Gasteiger partial charge in [0.05, 0.1) is 17.0 Å². The SMILES string of the molecule is CC(C)c1ccc(CSCC(=O)Nc2ccccc2C#N)cc1. The highest BCUT2D eigenvalue weighted by atomic mass is 32.2. The standard InChI is InChI=1S/C19H20N2OS/c1-14(2)16-9-7-15(8-10-16)12-23-13-19(22)21-18-6-4-3-5-17(18)11-20/h3-10,14H,12-13H2,1-2H3,(H,21,22). The molecule has 0 spiro atoms. The van der Waals surface area contributed by atoms with Crippen molar-refractivity contribution in [2.24, 2.45) is 0 Å². The van der Waals surface area contributed by atoms with Crippen LogP contribution in [0.4, 0.5) is 5.69 Å². The Morgan fingerprint density at radius 2 is 1.87 bits per heavy atom. The molecule has 118 valence electrons. The van der Waals surface area contributed by atoms with Gasteiger partial charge in [-0.3, -0.25) is 4.79 Å². The second kappa shape index (κ2) is 8.40. The van der Waals surface area contributed by atoms with Crippen LogP contribution in [0.2, 0.25) is 0 Å². The molecule has 0 aliphatic heterocycles. The summed E-state index contributed by atoms with van der Waals surface area (Å²) < 4.78 is 0. The van der Waals surface area contributed by atoms with E-state index in [0.717, 1.165) is 5.75 Å². The van der Waals surface area contributed by atoms with Gasteiger partial charge in [0, 0.05) is 5.75 Å². The van der Waals surface area contributed by atoms with Gasteiger partial charge < -0.3 is 5.32 Å². The van der Waals surface area contributed by atoms with E-state index in [4.69, 9.17) is 5.26 Å². The number of nitrogens with one attached hydrogen (secondary N) is 1. The van der Waals surface area contributed by atoms with Crippen LogP contribution in [0.15, 0.2) is 48.5 Å². The number of carbonyl (C=O) groups excluding carboxylic acids is 1. The maximum absolute atomic E-state index is 12.0. The van der Waals surface area contributed by atoms with E-state index in [9.17, 15) is 4.79 Å². The number of nitriles is 1. The van der Waals surface area contributed by atoms with Crippen LogP contribution in [0.25, 0.3) is 0 Å². The molecule has 0 radical (unpaired) electrons. The highest BCUT2D eigenvalue weighted by Crippen LogP contribution is 2.19. The van der Waals surface area contributed by atoms with Crippen LogP contribution < -0.4 is 5.32 Å². The smallest absolute Gasteiger partial charge is 0.234 e. The van der Waals surface area contributed by atoms with Crippen LogP contribution in [-0.2, 0) is 10.5 Å². The molecule has 0 heterocycles. The first kappa shape index (κ1) is 17.1. The third-order valence-corrected chi connectivity index (χ3v) is 4.47. The van der Waals surface area contributed by atoms with Crippen molar-refractivity contribution in [3.8, 4) is 6.07 Å². The molecule has 1 N–H and O–H groups in total. The van der Waals surface area contributed by atoms with E-state index in [2.05, 4.69) is 49.5 Å². The number of hydrogen-bond acceptors (Lipinski definition) is 3. The van der Waals surface area contributed by atoms with Crippen molar-refractivity contribution >= 4 is 23.4 Å². The lowest BCUT2D eigenvalue weighted by molar-refractivity contribution is -0.113. The lowest BCUT2D eigenvalue weighted by Gasteiger charge is -2.08. The van der Waals surface area contributed by atoms with Crippen molar-refractivity contribution in [1.82, 2.24) is 0 Å². The molecule has 0 bridgehead atoms. The summed E-state index contributed by atoms with van der Waals surface area (Å²) in [4.78, 5) is 12.0. The molecule has 2 aromatic carbocycles. The van der Waals surface area contributed by atoms with E-state index >= 15 is 0 Å². The third-order valence-electron chi connectivity index (χ3n) is 3.47. The lowest BCUT2D eigenvalue weighted by atomic mass is 10.0. The van der Waals surface area contributed by atoms with Crippen LogP contribution >= 0.6 is 11.8 Å². The number of anilines is 1. The minimum Gasteiger partial charge on any atom is -0.324 e. The van der Waals surface area contributed by atoms with E-state index in [1.807, 2.05) is 0 Å². The summed E-state index contributed by atoms with van der Waals surface area (Å²) in [5.74, 6) is 1.61. The van der Waals surface area contributed by atoms with Crippen molar-refractivity contribution in [3.05, 3.63) is 65.2 Å². The Bertz CT molecular complexity index is 702. The fraction of sp³-hybridized carbons (Fsp3) is 0.263. The van der Waals surface area contributed by atoms with Gasteiger partial charge >= 0.3 is 0 Å². The van der Waals surface area contributed by atoms with Gasteiger partial charge in [0.15, 0.2) is 0 Å². The molecule has 3 nitrogen and oxygen atoms in total. The minimum absolute atomic E-state index is 0.0866. The Balaban J connectivity index is 1.82. The lowest BCUT2D eigenvalue weighted by Crippen LogP contribution is -2.15. The molecule has 0 saturated carbocycles. The molecule has 2 aromatic rings. The molecule has 2 rings (SSSR count). The number of rotatable bonds is 6. The van der Waals surface area contributed by atoms with Gasteiger partial charge in [0.25, 0.3) is 0 Å². The molecule has 23 heavy (non-hydrogen) atoms. The van der Waals surface area contributed by atoms with Gasteiger partial charge in [-0.05, 0) is 29.2 Å². The third kappa shape index (κ3) is 5.15. The van der Waals surface area contributed by atoms with Gasteiger partial charge in [0.2, 0.25) is 5.91 Å². The first-order valence-electron chi connectivity index (χ1n) is 7.55. The first-order valence-corrected chi connectivity index (χ1v) is 8.71. The molecule has 0 atom stereocenters. The summed E-state index contributed by atoms with van der Waals surface area (Å²) in [5, 5.41) is 11.8. The van der Waals surface area contributed by atoms with Crippen LogP contribution in [0, 0.1) is 11.3 Å². The quantitative estimate of drug-likeness (QED) is 0.848. The Labute approximate surface area is 141 Å². The zero-order valence-corrected chi connectivity index (χ0v) is 14.2. The van der Waals surface area contributed by atoms with Gasteiger partial charge in [-0.15, -0.1) is 11.8 Å². The molecule has 0 aromatic heterocycles. The second-order valence-corrected chi connectivity index (χ2v) is 6.58. The Hall–Kier alpha value is -2.25. The molecule has 0 saturated heterocycles. The predicted molar refractivity (Wildman–Crippen MR) is 96.5 cm³/mol. The Morgan fingerprint density at radius 1 is 1.17 bits per heavy atom. The minimum atomic E-state index is -0.0866. The van der Waals surface area contributed by atoms with Crippen LogP contribution in [-0.4, -0.2) is 11.7 Å². The molecule has 0 fully saturated rings. The van der Waals surface area contributed by atoms with Gasteiger partial charge in [-0.25, -0.2) is 0 Å². The van der Waals surface area contributed by atoms with Crippen molar-refractivity contribution in [3.63, 3.8) is 0 Å². The molecular formula is C19H20N2OS. The monoisotopic (exact) mass is 324 g/mol. The van der Waals surface area contributed by atoms with Crippen LogP contribution in [0.3, 0.4) is 0 Å². The van der Waals surface area contributed by atoms with Gasteiger partial charge in [-0.1, -0.05) is 50.2 Å². The van der Waals surface area contributed by atoms with Gasteiger partial charge in [0.1, 0.15) is 6.07 Å². The molecule has 4 heteroatoms. The maximum atomic E-state index is 12.0. The average Bonchev–Trinajstić information content (AvgIpc) is 2.56. The molecule has 0 unspecified atom stereocenters. The number of carbonyl (C=O) groups is 1. The Kier molecular flexibility index (Phi) is 6.25. The van der Waals surface area contributed by atoms with E-state index in [1.54, 1.807) is 36.0 Å². The van der Waals surface area contributed by atoms with Gasteiger partial charge in [-0.2, -0.15) is 5.26 Å².